The summed E-state index contributed by atoms with van der Waals surface area (Å²) in [7, 11) is 0. The van der Waals surface area contributed by atoms with Crippen molar-refractivity contribution >= 4 is 111 Å². The van der Waals surface area contributed by atoms with Crippen molar-refractivity contribution in [3.63, 3.8) is 0 Å². The molecular formula is C78H83BN4OS. The zero-order chi connectivity index (χ0) is 58.4. The van der Waals surface area contributed by atoms with E-state index in [0.29, 0.717) is 0 Å². The topological polar surface area (TPSA) is 27.8 Å². The molecule has 0 saturated heterocycles. The molecular weight excluding hydrogens is 1050 g/mol. The summed E-state index contributed by atoms with van der Waals surface area (Å²) in [5.41, 5.74) is 27.0. The Labute approximate surface area is 508 Å². The number of rotatable bonds is 3. The fraction of sp³-hybridized carbons (Fsp3) is 0.410. The highest BCUT2D eigenvalue weighted by Gasteiger charge is 2.61. The van der Waals surface area contributed by atoms with Crippen molar-refractivity contribution in [2.24, 2.45) is 16.2 Å². The maximum Gasteiger partial charge on any atom is 0.226 e. The van der Waals surface area contributed by atoms with Gasteiger partial charge in [-0.1, -0.05) is 180 Å². The van der Waals surface area contributed by atoms with Crippen LogP contribution in [0.1, 0.15) is 189 Å². The van der Waals surface area contributed by atoms with E-state index >= 15 is 0 Å². The van der Waals surface area contributed by atoms with Crippen molar-refractivity contribution in [1.82, 2.24) is 4.57 Å². The molecule has 2 saturated carbocycles. The molecule has 5 nitrogen and oxygen atoms in total. The van der Waals surface area contributed by atoms with Crippen LogP contribution in [0.4, 0.5) is 34.1 Å². The molecule has 5 unspecified atom stereocenters. The first-order valence-corrected chi connectivity index (χ1v) is 33.3. The molecule has 430 valence electrons. The molecule has 4 aliphatic heterocycles. The molecule has 0 N–H and O–H groups in total. The first kappa shape index (κ1) is 52.6. The predicted molar refractivity (Wildman–Crippen MR) is 363 cm³/mol. The summed E-state index contributed by atoms with van der Waals surface area (Å²) in [5, 5.41) is 3.85. The Hall–Kier alpha value is -6.70. The minimum absolute atomic E-state index is 0.0304. The smallest absolute Gasteiger partial charge is 0.226 e. The molecule has 3 aromatic heterocycles. The largest absolute Gasteiger partial charge is 0.454 e. The van der Waals surface area contributed by atoms with Crippen LogP contribution in [0.25, 0.3) is 54.0 Å². The van der Waals surface area contributed by atoms with Crippen molar-refractivity contribution in [2.45, 2.75) is 188 Å². The Morgan fingerprint density at radius 1 is 0.565 bits per heavy atom. The van der Waals surface area contributed by atoms with Crippen molar-refractivity contribution < 1.29 is 4.42 Å². The van der Waals surface area contributed by atoms with Crippen molar-refractivity contribution in [2.75, 3.05) is 14.7 Å². The van der Waals surface area contributed by atoms with Gasteiger partial charge >= 0.3 is 0 Å². The molecule has 0 bridgehead atoms. The minimum atomic E-state index is -0.166. The van der Waals surface area contributed by atoms with Gasteiger partial charge in [0.25, 0.3) is 0 Å². The van der Waals surface area contributed by atoms with Crippen molar-refractivity contribution in [3.05, 3.63) is 166 Å². The van der Waals surface area contributed by atoms with E-state index in [1.165, 1.54) is 155 Å². The Balaban J connectivity index is 1.01. The fourth-order valence-electron chi connectivity index (χ4n) is 19.0. The summed E-state index contributed by atoms with van der Waals surface area (Å²) in [5.74, 6) is 0.168. The van der Waals surface area contributed by atoms with Crippen LogP contribution in [0.3, 0.4) is 0 Å². The molecule has 2 fully saturated rings. The molecule has 0 spiro atoms. The summed E-state index contributed by atoms with van der Waals surface area (Å²) >= 11 is 1.97. The average molecular weight is 1140 g/mol. The van der Waals surface area contributed by atoms with E-state index in [2.05, 4.69) is 237 Å². The van der Waals surface area contributed by atoms with Gasteiger partial charge < -0.3 is 23.7 Å². The van der Waals surface area contributed by atoms with Crippen molar-refractivity contribution in [1.29, 1.82) is 0 Å². The Morgan fingerprint density at radius 3 is 2.01 bits per heavy atom. The molecule has 4 aliphatic carbocycles. The van der Waals surface area contributed by atoms with Gasteiger partial charge in [-0.3, -0.25) is 0 Å². The summed E-state index contributed by atoms with van der Waals surface area (Å²) in [6.07, 6.45) is 18.1. The quantitative estimate of drug-likeness (QED) is 0.165. The maximum absolute atomic E-state index is 7.26. The van der Waals surface area contributed by atoms with Gasteiger partial charge in [-0.2, -0.15) is 0 Å². The van der Waals surface area contributed by atoms with Gasteiger partial charge in [-0.05, 0) is 169 Å². The number of aromatic nitrogens is 1. The lowest BCUT2D eigenvalue weighted by Crippen LogP contribution is -2.58. The van der Waals surface area contributed by atoms with Gasteiger partial charge in [-0.15, -0.1) is 11.3 Å². The highest BCUT2D eigenvalue weighted by molar-refractivity contribution is 7.26. The van der Waals surface area contributed by atoms with Crippen LogP contribution >= 0.6 is 11.3 Å². The number of nitrogens with zero attached hydrogens (tertiary/aromatic N) is 4. The Kier molecular flexibility index (Phi) is 10.6. The van der Waals surface area contributed by atoms with Crippen LogP contribution in [-0.4, -0.2) is 22.4 Å². The van der Waals surface area contributed by atoms with E-state index < -0.39 is 0 Å². The number of allylic oxidation sites excluding steroid dienone is 4. The number of hydrogen-bond acceptors (Lipinski definition) is 5. The average Bonchev–Trinajstić information content (AvgIpc) is 1.69. The van der Waals surface area contributed by atoms with Crippen LogP contribution in [0, 0.1) is 16.2 Å². The highest BCUT2D eigenvalue weighted by Crippen LogP contribution is 2.66. The number of para-hydroxylation sites is 1. The van der Waals surface area contributed by atoms with E-state index in [-0.39, 0.29) is 50.7 Å². The summed E-state index contributed by atoms with van der Waals surface area (Å²) in [6, 6.07) is 46.1. The zero-order valence-electron chi connectivity index (χ0n) is 52.7. The molecule has 17 rings (SSSR count). The molecule has 5 atom stereocenters. The van der Waals surface area contributed by atoms with E-state index in [0.717, 1.165) is 36.8 Å². The third kappa shape index (κ3) is 6.78. The first-order valence-electron chi connectivity index (χ1n) is 32.5. The molecule has 7 heteroatoms. The summed E-state index contributed by atoms with van der Waals surface area (Å²) in [6.45, 7) is 32.4. The lowest BCUT2D eigenvalue weighted by molar-refractivity contribution is 0.153. The molecule has 8 aliphatic rings. The third-order valence-corrected chi connectivity index (χ3v) is 25.2. The molecule has 85 heavy (non-hydrogen) atoms. The van der Waals surface area contributed by atoms with Crippen LogP contribution in [0.2, 0.25) is 0 Å². The first-order chi connectivity index (χ1) is 40.5. The van der Waals surface area contributed by atoms with Crippen LogP contribution < -0.4 is 25.6 Å². The second-order valence-corrected chi connectivity index (χ2v) is 32.5. The summed E-state index contributed by atoms with van der Waals surface area (Å²) in [4.78, 5) is 8.61. The normalized spacial score (nSPS) is 26.0. The molecule has 7 heterocycles. The number of furan rings is 1. The van der Waals surface area contributed by atoms with Gasteiger partial charge in [0, 0.05) is 82.8 Å². The third-order valence-electron chi connectivity index (χ3n) is 24.0. The second kappa shape index (κ2) is 17.1. The number of benzene rings is 6. The van der Waals surface area contributed by atoms with Crippen molar-refractivity contribution in [3.8, 4) is 5.69 Å². The van der Waals surface area contributed by atoms with E-state index in [1.807, 2.05) is 11.3 Å². The monoisotopic (exact) mass is 1130 g/mol. The second-order valence-electron chi connectivity index (χ2n) is 31.4. The van der Waals surface area contributed by atoms with Gasteiger partial charge in [0.1, 0.15) is 11.1 Å². The molecule has 9 aromatic rings. The Morgan fingerprint density at radius 2 is 1.25 bits per heavy atom. The van der Waals surface area contributed by atoms with Gasteiger partial charge in [0.2, 0.25) is 6.71 Å². The van der Waals surface area contributed by atoms with E-state index in [1.54, 1.807) is 16.8 Å². The number of anilines is 6. The Bertz CT molecular complexity index is 4540. The molecule has 6 aromatic carbocycles. The lowest BCUT2D eigenvalue weighted by Gasteiger charge is -2.52. The van der Waals surface area contributed by atoms with E-state index in [4.69, 9.17) is 4.42 Å². The fourth-order valence-corrected chi connectivity index (χ4v) is 20.2. The van der Waals surface area contributed by atoms with E-state index in [9.17, 15) is 0 Å². The van der Waals surface area contributed by atoms with Crippen LogP contribution in [0.15, 0.2) is 148 Å². The predicted octanol–water partition coefficient (Wildman–Crippen LogP) is 20.8. The maximum atomic E-state index is 7.26. The number of hydrogen-bond donors (Lipinski definition) is 0. The lowest BCUT2D eigenvalue weighted by atomic mass is 9.29. The minimum Gasteiger partial charge on any atom is -0.454 e. The highest BCUT2D eigenvalue weighted by atomic mass is 32.1. The number of thiophene rings is 1. The SMILES string of the molecule is CC(C)(C)C1=CC2=C(CC1)N(c1ccc3c(c1)N(c1cccc4c1sc1ccccc14)c1cc(N4c5ccc(C(C)(C)C)cc5C5(C)CCCCC45C)cc4c1B3C1CC(C(C)(C)C)=Cc3c1n-4c1c3oc3ccccc31)C1(C)CCCCC21C. The molecule has 0 amide bonds. The standard InChI is InChI=1S/C78H83BN4OS/c1-72(2,3)46-29-33-59-55(40-46)75(10)35-18-20-37-77(75,12)82(59)49-31-32-57-62(43-49)80(61-26-22-25-52-51-23-15-17-28-66(51)85-71(52)61)63-44-50(83-60-34-30-47(73(4,5)6)41-56(60)76(11)36-19-21-38-78(76,83)13)45-64-67(63)79(57)58-42-48(74(7,8)9)39-54-68(58)81(64)69-53-24-14-16-27-65(53)84-70(54)69/h14-17,22-28,30-32,34,39-41,43-45,58H,18-21,29,33,35-38,42H2,1-13H3. The zero-order valence-corrected chi connectivity index (χ0v) is 53.5. The number of fused-ring (bicyclic) bond motifs is 17. The van der Waals surface area contributed by atoms with Gasteiger partial charge in [0.15, 0.2) is 5.58 Å². The molecule has 0 radical (unpaired) electrons. The van der Waals surface area contributed by atoms with Gasteiger partial charge in [-0.25, -0.2) is 0 Å². The summed E-state index contributed by atoms with van der Waals surface area (Å²) < 4.78 is 12.7. The van der Waals surface area contributed by atoms with Crippen LogP contribution in [-0.2, 0) is 10.8 Å². The van der Waals surface area contributed by atoms with Crippen LogP contribution in [0.5, 0.6) is 0 Å². The van der Waals surface area contributed by atoms with Gasteiger partial charge in [0.05, 0.1) is 21.5 Å².